The number of nitrogens with two attached hydrogens (primary N) is 1. The fourth-order valence-electron chi connectivity index (χ4n) is 3.13. The van der Waals surface area contributed by atoms with Gasteiger partial charge in [-0.05, 0) is 48.9 Å². The molecule has 0 fully saturated rings. The van der Waals surface area contributed by atoms with Gasteiger partial charge in [0.1, 0.15) is 5.69 Å². The largest absolute Gasteiger partial charge is 0.398 e. The molecule has 0 aliphatic carbocycles. The number of nitrogens with zero attached hydrogens (tertiary/aromatic N) is 3. The first kappa shape index (κ1) is 20.0. The first-order chi connectivity index (χ1) is 15.0. The zero-order chi connectivity index (χ0) is 21.8. The SMILES string of the molecule is Cc1cc(N)c2cc(NC(=O)c3ccc(CNC(=O)c4cnccn4)cc3)ccc2n1. The lowest BCUT2D eigenvalue weighted by Gasteiger charge is -2.09. The monoisotopic (exact) mass is 412 g/mol. The maximum atomic E-state index is 12.6. The van der Waals surface area contributed by atoms with E-state index in [1.807, 2.05) is 19.1 Å². The minimum absolute atomic E-state index is 0.242. The number of anilines is 2. The van der Waals surface area contributed by atoms with Crippen LogP contribution in [0.1, 0.15) is 32.1 Å². The smallest absolute Gasteiger partial charge is 0.271 e. The van der Waals surface area contributed by atoms with Crippen molar-refractivity contribution in [2.45, 2.75) is 13.5 Å². The quantitative estimate of drug-likeness (QED) is 0.463. The highest BCUT2D eigenvalue weighted by molar-refractivity contribution is 6.05. The molecule has 0 aliphatic heterocycles. The fourth-order valence-corrected chi connectivity index (χ4v) is 3.13. The Balaban J connectivity index is 1.40. The first-order valence-electron chi connectivity index (χ1n) is 9.61. The molecule has 0 radical (unpaired) electrons. The topological polar surface area (TPSA) is 123 Å². The number of amides is 2. The van der Waals surface area contributed by atoms with E-state index in [9.17, 15) is 9.59 Å². The number of rotatable bonds is 5. The van der Waals surface area contributed by atoms with Crippen LogP contribution in [0, 0.1) is 6.92 Å². The van der Waals surface area contributed by atoms with Crippen LogP contribution in [0.15, 0.2) is 67.1 Å². The molecule has 4 rings (SSSR count). The standard InChI is InChI=1S/C23H20N6O2/c1-14-10-19(24)18-11-17(6-7-20(18)28-14)29-22(30)16-4-2-15(3-5-16)12-27-23(31)21-13-25-8-9-26-21/h2-11,13H,12H2,1H3,(H2,24,28)(H,27,31)(H,29,30). The third kappa shape index (κ3) is 4.64. The van der Waals surface area contributed by atoms with E-state index < -0.39 is 0 Å². The van der Waals surface area contributed by atoms with Gasteiger partial charge in [0, 0.05) is 47.0 Å². The third-order valence-electron chi connectivity index (χ3n) is 4.69. The number of benzene rings is 2. The van der Waals surface area contributed by atoms with E-state index in [0.29, 0.717) is 23.5 Å². The molecule has 2 amide bonds. The summed E-state index contributed by atoms with van der Waals surface area (Å²) in [6.45, 7) is 2.20. The maximum absolute atomic E-state index is 12.6. The lowest BCUT2D eigenvalue weighted by atomic mass is 10.1. The van der Waals surface area contributed by atoms with Gasteiger partial charge < -0.3 is 16.4 Å². The second-order valence-corrected chi connectivity index (χ2v) is 7.01. The highest BCUT2D eigenvalue weighted by Crippen LogP contribution is 2.24. The van der Waals surface area contributed by atoms with E-state index in [2.05, 4.69) is 25.6 Å². The number of pyridine rings is 1. The van der Waals surface area contributed by atoms with Gasteiger partial charge in [-0.15, -0.1) is 0 Å². The van der Waals surface area contributed by atoms with E-state index in [-0.39, 0.29) is 17.5 Å². The number of aromatic nitrogens is 3. The molecule has 0 saturated heterocycles. The number of nitrogens with one attached hydrogen (secondary N) is 2. The Kier molecular flexibility index (Phi) is 5.53. The molecule has 0 aliphatic rings. The summed E-state index contributed by atoms with van der Waals surface area (Å²) in [4.78, 5) is 36.9. The van der Waals surface area contributed by atoms with Gasteiger partial charge in [-0.2, -0.15) is 0 Å². The lowest BCUT2D eigenvalue weighted by Crippen LogP contribution is -2.23. The molecule has 0 atom stereocenters. The van der Waals surface area contributed by atoms with E-state index >= 15 is 0 Å². The molecule has 31 heavy (non-hydrogen) atoms. The van der Waals surface area contributed by atoms with Crippen molar-refractivity contribution in [3.8, 4) is 0 Å². The molecule has 4 aromatic rings. The number of fused-ring (bicyclic) bond motifs is 1. The predicted octanol–water partition coefficient (Wildman–Crippen LogP) is 3.10. The van der Waals surface area contributed by atoms with Gasteiger partial charge in [0.15, 0.2) is 0 Å². The Hall–Kier alpha value is -4.33. The van der Waals surface area contributed by atoms with Gasteiger partial charge in [-0.25, -0.2) is 4.98 Å². The second kappa shape index (κ2) is 8.58. The van der Waals surface area contributed by atoms with Crippen LogP contribution in [-0.4, -0.2) is 26.8 Å². The average molecular weight is 412 g/mol. The number of nitrogen functional groups attached to an aromatic ring is 1. The van der Waals surface area contributed by atoms with E-state index in [4.69, 9.17) is 5.73 Å². The Morgan fingerprint density at radius 1 is 1.00 bits per heavy atom. The number of aryl methyl sites for hydroxylation is 1. The van der Waals surface area contributed by atoms with Gasteiger partial charge in [0.25, 0.3) is 11.8 Å². The average Bonchev–Trinajstić information content (AvgIpc) is 2.78. The molecule has 4 N–H and O–H groups in total. The van der Waals surface area contributed by atoms with Crippen LogP contribution in [0.2, 0.25) is 0 Å². The predicted molar refractivity (Wildman–Crippen MR) is 118 cm³/mol. The number of hydrogen-bond acceptors (Lipinski definition) is 6. The van der Waals surface area contributed by atoms with Crippen molar-refractivity contribution in [3.63, 3.8) is 0 Å². The van der Waals surface area contributed by atoms with Gasteiger partial charge >= 0.3 is 0 Å². The summed E-state index contributed by atoms with van der Waals surface area (Å²) in [5, 5.41) is 6.44. The summed E-state index contributed by atoms with van der Waals surface area (Å²) in [6, 6.07) is 14.2. The summed E-state index contributed by atoms with van der Waals surface area (Å²) in [5.41, 5.74) is 10.6. The summed E-state index contributed by atoms with van der Waals surface area (Å²) in [5.74, 6) is -0.552. The van der Waals surface area contributed by atoms with Crippen molar-refractivity contribution in [1.82, 2.24) is 20.3 Å². The van der Waals surface area contributed by atoms with Crippen LogP contribution in [0.25, 0.3) is 10.9 Å². The van der Waals surface area contributed by atoms with Crippen molar-refractivity contribution >= 4 is 34.1 Å². The van der Waals surface area contributed by atoms with Crippen LogP contribution in [0.5, 0.6) is 0 Å². The molecule has 0 bridgehead atoms. The Morgan fingerprint density at radius 3 is 2.55 bits per heavy atom. The minimum Gasteiger partial charge on any atom is -0.398 e. The van der Waals surface area contributed by atoms with Crippen LogP contribution >= 0.6 is 0 Å². The van der Waals surface area contributed by atoms with Crippen molar-refractivity contribution < 1.29 is 9.59 Å². The van der Waals surface area contributed by atoms with Crippen LogP contribution in [0.4, 0.5) is 11.4 Å². The molecule has 2 heterocycles. The molecule has 2 aromatic carbocycles. The first-order valence-corrected chi connectivity index (χ1v) is 9.61. The summed E-state index contributed by atoms with van der Waals surface area (Å²) >= 11 is 0. The maximum Gasteiger partial charge on any atom is 0.271 e. The normalized spacial score (nSPS) is 10.6. The molecular weight excluding hydrogens is 392 g/mol. The molecule has 0 spiro atoms. The fraction of sp³-hybridized carbons (Fsp3) is 0.0870. The Morgan fingerprint density at radius 2 is 1.81 bits per heavy atom. The molecular formula is C23H20N6O2. The van der Waals surface area contributed by atoms with Crippen molar-refractivity contribution in [2.75, 3.05) is 11.1 Å². The minimum atomic E-state index is -0.310. The Labute approximate surface area is 178 Å². The van der Waals surface area contributed by atoms with E-state index in [0.717, 1.165) is 22.2 Å². The van der Waals surface area contributed by atoms with Crippen molar-refractivity contribution in [3.05, 3.63) is 89.6 Å². The van der Waals surface area contributed by atoms with Crippen molar-refractivity contribution in [2.24, 2.45) is 0 Å². The molecule has 0 unspecified atom stereocenters. The zero-order valence-corrected chi connectivity index (χ0v) is 16.8. The van der Waals surface area contributed by atoms with E-state index in [1.165, 1.54) is 18.6 Å². The van der Waals surface area contributed by atoms with Gasteiger partial charge in [-0.3, -0.25) is 19.6 Å². The van der Waals surface area contributed by atoms with Gasteiger partial charge in [-0.1, -0.05) is 12.1 Å². The van der Waals surface area contributed by atoms with Crippen LogP contribution in [-0.2, 0) is 6.54 Å². The van der Waals surface area contributed by atoms with Gasteiger partial charge in [0.05, 0.1) is 11.7 Å². The molecule has 154 valence electrons. The molecule has 2 aromatic heterocycles. The summed E-state index contributed by atoms with van der Waals surface area (Å²) in [6.07, 6.45) is 4.37. The Bertz CT molecular complexity index is 1260. The number of carbonyl (C=O) groups is 2. The molecule has 8 heteroatoms. The highest BCUT2D eigenvalue weighted by atomic mass is 16.2. The van der Waals surface area contributed by atoms with Crippen LogP contribution < -0.4 is 16.4 Å². The van der Waals surface area contributed by atoms with Crippen molar-refractivity contribution in [1.29, 1.82) is 0 Å². The zero-order valence-electron chi connectivity index (χ0n) is 16.8. The third-order valence-corrected chi connectivity index (χ3v) is 4.69. The summed E-state index contributed by atoms with van der Waals surface area (Å²) < 4.78 is 0. The summed E-state index contributed by atoms with van der Waals surface area (Å²) in [7, 11) is 0. The van der Waals surface area contributed by atoms with Crippen LogP contribution in [0.3, 0.4) is 0 Å². The van der Waals surface area contributed by atoms with E-state index in [1.54, 1.807) is 36.4 Å². The molecule has 8 nitrogen and oxygen atoms in total. The lowest BCUT2D eigenvalue weighted by molar-refractivity contribution is 0.0944. The number of carbonyl (C=O) groups excluding carboxylic acids is 2. The second-order valence-electron chi connectivity index (χ2n) is 7.01. The van der Waals surface area contributed by atoms with Gasteiger partial charge in [0.2, 0.25) is 0 Å². The number of hydrogen-bond donors (Lipinski definition) is 3. The highest BCUT2D eigenvalue weighted by Gasteiger charge is 2.10. The molecule has 0 saturated carbocycles.